The molecule has 2 nitrogen and oxygen atoms in total. The van der Waals surface area contributed by atoms with Crippen molar-refractivity contribution in [1.29, 1.82) is 0 Å². The average molecular weight is 318 g/mol. The highest BCUT2D eigenvalue weighted by Crippen LogP contribution is 2.31. The Morgan fingerprint density at radius 3 is 2.33 bits per heavy atom. The molecule has 0 N–H and O–H groups in total. The molecule has 0 radical (unpaired) electrons. The van der Waals surface area contributed by atoms with Crippen molar-refractivity contribution in [3.05, 3.63) is 33.8 Å². The molecule has 0 atom stereocenters. The van der Waals surface area contributed by atoms with E-state index in [9.17, 15) is 13.6 Å². The Kier molecular flexibility index (Phi) is 3.45. The van der Waals surface area contributed by atoms with E-state index >= 15 is 0 Å². The molecule has 0 unspecified atom stereocenters. The molecule has 1 aliphatic rings. The van der Waals surface area contributed by atoms with Gasteiger partial charge in [-0.15, -0.1) is 0 Å². The molecule has 98 valence electrons. The third-order valence-electron chi connectivity index (χ3n) is 3.37. The third-order valence-corrected chi connectivity index (χ3v) is 3.82. The summed E-state index contributed by atoms with van der Waals surface area (Å²) in [5.41, 5.74) is -0.809. The zero-order chi connectivity index (χ0) is 13.5. The van der Waals surface area contributed by atoms with E-state index in [2.05, 4.69) is 15.9 Å². The summed E-state index contributed by atoms with van der Waals surface area (Å²) in [6.45, 7) is 4.36. The largest absolute Gasteiger partial charge is 0.333 e. The number of carbonyl (C=O) groups excluding carboxylic acids is 1. The van der Waals surface area contributed by atoms with Crippen molar-refractivity contribution >= 4 is 21.8 Å². The normalized spacial score (nSPS) is 18.2. The van der Waals surface area contributed by atoms with E-state index in [1.54, 1.807) is 4.90 Å². The van der Waals surface area contributed by atoms with Crippen LogP contribution in [-0.4, -0.2) is 22.9 Å². The number of amides is 1. The summed E-state index contributed by atoms with van der Waals surface area (Å²) in [6, 6.07) is 2.22. The molecule has 0 spiro atoms. The maximum Gasteiger partial charge on any atom is 0.260 e. The third kappa shape index (κ3) is 2.28. The molecule has 1 aromatic rings. The number of hydrogen-bond acceptors (Lipinski definition) is 1. The van der Waals surface area contributed by atoms with Crippen LogP contribution in [0.15, 0.2) is 16.6 Å². The Morgan fingerprint density at radius 1 is 1.33 bits per heavy atom. The fourth-order valence-electron chi connectivity index (χ4n) is 2.37. The van der Waals surface area contributed by atoms with Gasteiger partial charge in [-0.1, -0.05) is 15.9 Å². The summed E-state index contributed by atoms with van der Waals surface area (Å²) in [5, 5.41) is 0. The molecule has 0 saturated carbocycles. The van der Waals surface area contributed by atoms with Gasteiger partial charge in [0.1, 0.15) is 17.2 Å². The lowest BCUT2D eigenvalue weighted by Crippen LogP contribution is -2.43. The first-order chi connectivity index (χ1) is 8.33. The number of benzene rings is 1. The minimum absolute atomic E-state index is 0.287. The number of nitrogens with zero attached hydrogens (tertiary/aromatic N) is 1. The Morgan fingerprint density at radius 2 is 1.89 bits per heavy atom. The SMILES string of the molecule is CC1(C)CCCN1C(=O)c1c(F)cc(Br)cc1F. The predicted molar refractivity (Wildman–Crippen MR) is 68.4 cm³/mol. The van der Waals surface area contributed by atoms with Gasteiger partial charge in [-0.05, 0) is 38.8 Å². The van der Waals surface area contributed by atoms with Gasteiger partial charge in [-0.25, -0.2) is 8.78 Å². The summed E-state index contributed by atoms with van der Waals surface area (Å²) >= 11 is 3.00. The van der Waals surface area contributed by atoms with Crippen molar-refractivity contribution in [2.24, 2.45) is 0 Å². The smallest absolute Gasteiger partial charge is 0.260 e. The van der Waals surface area contributed by atoms with Crippen LogP contribution in [0.3, 0.4) is 0 Å². The molecule has 1 heterocycles. The molecule has 0 aromatic heterocycles. The Bertz CT molecular complexity index is 479. The van der Waals surface area contributed by atoms with E-state index in [4.69, 9.17) is 0 Å². The topological polar surface area (TPSA) is 20.3 Å². The molecule has 18 heavy (non-hydrogen) atoms. The van der Waals surface area contributed by atoms with Crippen molar-refractivity contribution < 1.29 is 13.6 Å². The van der Waals surface area contributed by atoms with Gasteiger partial charge in [0, 0.05) is 16.6 Å². The van der Waals surface area contributed by atoms with Gasteiger partial charge in [-0.3, -0.25) is 4.79 Å². The van der Waals surface area contributed by atoms with Gasteiger partial charge in [-0.2, -0.15) is 0 Å². The average Bonchev–Trinajstić information content (AvgIpc) is 2.56. The van der Waals surface area contributed by atoms with Crippen molar-refractivity contribution in [3.63, 3.8) is 0 Å². The van der Waals surface area contributed by atoms with Crippen LogP contribution >= 0.6 is 15.9 Å². The van der Waals surface area contributed by atoms with E-state index in [1.165, 1.54) is 0 Å². The lowest BCUT2D eigenvalue weighted by Gasteiger charge is -2.31. The monoisotopic (exact) mass is 317 g/mol. The van der Waals surface area contributed by atoms with Gasteiger partial charge in [0.2, 0.25) is 0 Å². The van der Waals surface area contributed by atoms with Crippen LogP contribution in [0.2, 0.25) is 0 Å². The molecule has 0 bridgehead atoms. The first-order valence-electron chi connectivity index (χ1n) is 5.79. The van der Waals surface area contributed by atoms with E-state index < -0.39 is 23.1 Å². The molecule has 0 aliphatic carbocycles. The van der Waals surface area contributed by atoms with E-state index in [-0.39, 0.29) is 10.0 Å². The lowest BCUT2D eigenvalue weighted by molar-refractivity contribution is 0.0642. The van der Waals surface area contributed by atoms with Crippen molar-refractivity contribution in [1.82, 2.24) is 4.90 Å². The van der Waals surface area contributed by atoms with E-state index in [1.807, 2.05) is 13.8 Å². The molecular weight excluding hydrogens is 304 g/mol. The highest BCUT2D eigenvalue weighted by molar-refractivity contribution is 9.10. The van der Waals surface area contributed by atoms with Gasteiger partial charge in [0.15, 0.2) is 0 Å². The number of carbonyl (C=O) groups is 1. The second kappa shape index (κ2) is 4.61. The maximum absolute atomic E-state index is 13.7. The minimum atomic E-state index is -0.824. The van der Waals surface area contributed by atoms with Gasteiger partial charge < -0.3 is 4.90 Å². The second-order valence-electron chi connectivity index (χ2n) is 5.12. The van der Waals surface area contributed by atoms with Crippen LogP contribution in [0.5, 0.6) is 0 Å². The van der Waals surface area contributed by atoms with E-state index in [0.717, 1.165) is 25.0 Å². The summed E-state index contributed by atoms with van der Waals surface area (Å²) < 4.78 is 27.8. The number of likely N-dealkylation sites (tertiary alicyclic amines) is 1. The molecule has 5 heteroatoms. The molecule has 2 rings (SSSR count). The molecule has 1 saturated heterocycles. The zero-order valence-electron chi connectivity index (χ0n) is 10.3. The maximum atomic E-state index is 13.7. The highest BCUT2D eigenvalue weighted by atomic mass is 79.9. The van der Waals surface area contributed by atoms with Crippen LogP contribution in [0, 0.1) is 11.6 Å². The molecule has 1 amide bonds. The van der Waals surface area contributed by atoms with Crippen LogP contribution < -0.4 is 0 Å². The first-order valence-corrected chi connectivity index (χ1v) is 6.59. The van der Waals surface area contributed by atoms with Gasteiger partial charge in [0.05, 0.1) is 0 Å². The van der Waals surface area contributed by atoms with E-state index in [0.29, 0.717) is 6.54 Å². The van der Waals surface area contributed by atoms with Crippen molar-refractivity contribution in [2.75, 3.05) is 6.54 Å². The fourth-order valence-corrected chi connectivity index (χ4v) is 2.77. The second-order valence-corrected chi connectivity index (χ2v) is 6.03. The molecule has 1 fully saturated rings. The molecule has 1 aromatic carbocycles. The standard InChI is InChI=1S/C13H14BrF2NO/c1-13(2)4-3-5-17(13)12(18)11-9(15)6-8(14)7-10(11)16/h6-7H,3-5H2,1-2H3. The summed E-state index contributed by atoms with van der Waals surface area (Å²) in [7, 11) is 0. The van der Waals surface area contributed by atoms with Crippen molar-refractivity contribution in [3.8, 4) is 0 Å². The summed E-state index contributed by atoms with van der Waals surface area (Å²) in [5.74, 6) is -2.22. The predicted octanol–water partition coefficient (Wildman–Crippen LogP) is 3.74. The zero-order valence-corrected chi connectivity index (χ0v) is 11.9. The van der Waals surface area contributed by atoms with Gasteiger partial charge >= 0.3 is 0 Å². The quantitative estimate of drug-likeness (QED) is 0.772. The lowest BCUT2D eigenvalue weighted by atomic mass is 10.0. The molecule has 1 aliphatic heterocycles. The Labute approximate surface area is 113 Å². The first kappa shape index (κ1) is 13.5. The van der Waals surface area contributed by atoms with Gasteiger partial charge in [0.25, 0.3) is 5.91 Å². The number of halogens is 3. The highest BCUT2D eigenvalue weighted by Gasteiger charge is 2.37. The number of rotatable bonds is 1. The Balaban J connectivity index is 2.41. The molecular formula is C13H14BrF2NO. The number of hydrogen-bond donors (Lipinski definition) is 0. The van der Waals surface area contributed by atoms with Crippen LogP contribution in [-0.2, 0) is 0 Å². The minimum Gasteiger partial charge on any atom is -0.333 e. The van der Waals surface area contributed by atoms with Crippen LogP contribution in [0.1, 0.15) is 37.0 Å². The summed E-state index contributed by atoms with van der Waals surface area (Å²) in [6.07, 6.45) is 1.71. The van der Waals surface area contributed by atoms with Crippen LogP contribution in [0.4, 0.5) is 8.78 Å². The Hall–Kier alpha value is -0.970. The summed E-state index contributed by atoms with van der Waals surface area (Å²) in [4.78, 5) is 13.8. The van der Waals surface area contributed by atoms with Crippen LogP contribution in [0.25, 0.3) is 0 Å². The fraction of sp³-hybridized carbons (Fsp3) is 0.462. The van der Waals surface area contributed by atoms with Crippen molar-refractivity contribution in [2.45, 2.75) is 32.2 Å².